The van der Waals surface area contributed by atoms with Crippen molar-refractivity contribution in [1.82, 2.24) is 25.1 Å². The molecule has 0 aromatic heterocycles. The van der Waals surface area contributed by atoms with Crippen LogP contribution in [-0.4, -0.2) is 167 Å². The lowest BCUT2D eigenvalue weighted by atomic mass is 9.63. The zero-order chi connectivity index (χ0) is 61.9. The van der Waals surface area contributed by atoms with Crippen molar-refractivity contribution in [3.8, 4) is 17.2 Å². The lowest BCUT2D eigenvalue weighted by Gasteiger charge is -2.48. The quantitative estimate of drug-likeness (QED) is 0.103. The second-order valence-electron chi connectivity index (χ2n) is 21.8. The molecule has 2 N–H and O–H groups in total. The minimum absolute atomic E-state index is 0.0275. The number of likely N-dealkylation sites (tertiary alicyclic amines) is 3. The van der Waals surface area contributed by atoms with Gasteiger partial charge in [0.2, 0.25) is 0 Å². The highest BCUT2D eigenvalue weighted by Crippen LogP contribution is 2.51. The SMILES string of the molecule is CCN=NC(=O)OCC.CCOC(=O)NN(C(=O)OCC)[C@@H]1C(=O)CCC2(c3ccc(OC)c(C)c3)CCN(C)[C@@H]12.COc1ccc(C23CCC(=O)C=C2N(C)CC3)cc1C.COc1ccc(C23CCC(O)=CC2N(C)CC3)cc1C.O=C=O. The molecule has 3 aliphatic heterocycles. The number of hydrogen-bond donors (Lipinski definition) is 2. The molecule has 3 aromatic rings. The van der Waals surface area contributed by atoms with Crippen LogP contribution in [0.25, 0.3) is 0 Å². The smallest absolute Gasteiger partial charge is 0.452 e. The van der Waals surface area contributed by atoms with Crippen LogP contribution in [0.4, 0.5) is 14.4 Å². The monoisotopic (exact) mass is 1170 g/mol. The van der Waals surface area contributed by atoms with Crippen molar-refractivity contribution in [2.45, 2.75) is 141 Å². The molecule has 6 atom stereocenters. The van der Waals surface area contributed by atoms with E-state index >= 15 is 0 Å². The van der Waals surface area contributed by atoms with Crippen LogP contribution in [0.1, 0.15) is 119 Å². The summed E-state index contributed by atoms with van der Waals surface area (Å²) in [4.78, 5) is 83.3. The van der Waals surface area contributed by atoms with E-state index in [1.54, 1.807) is 49.0 Å². The number of fused-ring (bicyclic) bond motifs is 3. The summed E-state index contributed by atoms with van der Waals surface area (Å²) in [6, 6.07) is 18.1. The van der Waals surface area contributed by atoms with Gasteiger partial charge in [0, 0.05) is 73.0 Å². The third-order valence-electron chi connectivity index (χ3n) is 17.1. The van der Waals surface area contributed by atoms with E-state index in [0.717, 1.165) is 97.1 Å². The number of benzene rings is 3. The van der Waals surface area contributed by atoms with Crippen LogP contribution in [0, 0.1) is 20.8 Å². The maximum absolute atomic E-state index is 13.2. The summed E-state index contributed by atoms with van der Waals surface area (Å²) in [5, 5.41) is 17.6. The number of nitrogens with one attached hydrogen (secondary N) is 1. The van der Waals surface area contributed by atoms with Gasteiger partial charge in [-0.2, -0.15) is 14.7 Å². The fourth-order valence-corrected chi connectivity index (χ4v) is 13.0. The molecule has 21 nitrogen and oxygen atoms in total. The van der Waals surface area contributed by atoms with Crippen LogP contribution >= 0.6 is 0 Å². The van der Waals surface area contributed by atoms with Gasteiger partial charge in [-0.25, -0.2) is 24.8 Å². The second-order valence-corrected chi connectivity index (χ2v) is 21.8. The van der Waals surface area contributed by atoms with E-state index in [0.29, 0.717) is 44.2 Å². The van der Waals surface area contributed by atoms with Gasteiger partial charge < -0.3 is 38.4 Å². The van der Waals surface area contributed by atoms with Crippen molar-refractivity contribution in [1.29, 1.82) is 0 Å². The zero-order valence-corrected chi connectivity index (χ0v) is 51.3. The van der Waals surface area contributed by atoms with Gasteiger partial charge in [-0.15, -0.1) is 0 Å². The van der Waals surface area contributed by atoms with E-state index in [1.165, 1.54) is 22.4 Å². The molecule has 458 valence electrons. The van der Waals surface area contributed by atoms with Crippen molar-refractivity contribution in [3.05, 3.63) is 112 Å². The predicted octanol–water partition coefficient (Wildman–Crippen LogP) is 9.83. The number of likely N-dealkylation sites (N-methyl/N-ethyl adjacent to an activating group) is 3. The minimum atomic E-state index is -0.901. The number of azo groups is 1. The Bertz CT molecular complexity index is 2920. The zero-order valence-electron chi connectivity index (χ0n) is 51.3. The number of hydrogen-bond acceptors (Lipinski definition) is 18. The summed E-state index contributed by atoms with van der Waals surface area (Å²) >= 11 is 0. The van der Waals surface area contributed by atoms with Crippen LogP contribution in [-0.2, 0) is 49.6 Å². The number of aliphatic hydroxyl groups is 1. The van der Waals surface area contributed by atoms with Gasteiger partial charge in [-0.3, -0.25) is 19.4 Å². The van der Waals surface area contributed by atoms with Crippen LogP contribution in [0.3, 0.4) is 0 Å². The number of ketones is 2. The second kappa shape index (κ2) is 30.8. The van der Waals surface area contributed by atoms with E-state index in [2.05, 4.69) is 106 Å². The normalized spacial score (nSPS) is 23.9. The number of hydrazine groups is 1. The summed E-state index contributed by atoms with van der Waals surface area (Å²) in [6.45, 7) is 17.0. The first kappa shape index (κ1) is 67.2. The van der Waals surface area contributed by atoms with Crippen molar-refractivity contribution < 1.29 is 67.1 Å². The number of rotatable bonds is 11. The average Bonchev–Trinajstić information content (AvgIpc) is 1.64. The lowest BCUT2D eigenvalue weighted by molar-refractivity contribution is -0.191. The molecule has 0 spiro atoms. The average molecular weight is 1170 g/mol. The topological polar surface area (TPSA) is 245 Å². The molecule has 4 fully saturated rings. The molecule has 21 heteroatoms. The Balaban J connectivity index is 0.000000216. The van der Waals surface area contributed by atoms with Gasteiger partial charge in [-0.05, 0) is 172 Å². The van der Waals surface area contributed by atoms with E-state index in [-0.39, 0.29) is 53.2 Å². The molecule has 0 bridgehead atoms. The number of carbonyl (C=O) groups is 5. The van der Waals surface area contributed by atoms with E-state index in [1.807, 2.05) is 38.2 Å². The molecule has 3 aromatic carbocycles. The number of allylic oxidation sites excluding steroid dienone is 3. The van der Waals surface area contributed by atoms with Crippen LogP contribution in [0.2, 0.25) is 0 Å². The maximum atomic E-state index is 13.2. The molecular formula is C63H87N7O14. The molecule has 4 unspecified atom stereocenters. The van der Waals surface area contributed by atoms with Crippen LogP contribution in [0.5, 0.6) is 17.2 Å². The number of amides is 3. The summed E-state index contributed by atoms with van der Waals surface area (Å²) in [5.74, 6) is 3.36. The van der Waals surface area contributed by atoms with Crippen molar-refractivity contribution >= 4 is 36.0 Å². The number of Topliss-reactive ketones (excluding diaryl/α,β-unsaturated/α-hetero) is 1. The molecule has 1 saturated carbocycles. The molecule has 3 saturated heterocycles. The summed E-state index contributed by atoms with van der Waals surface area (Å²) < 4.78 is 30.8. The Morgan fingerprint density at radius 2 is 1.20 bits per heavy atom. The highest BCUT2D eigenvalue weighted by atomic mass is 16.6. The number of ether oxygens (including phenoxy) is 6. The largest absolute Gasteiger partial charge is 0.513 e. The summed E-state index contributed by atoms with van der Waals surface area (Å²) in [7, 11) is 11.2. The highest BCUT2D eigenvalue weighted by molar-refractivity contribution is 5.92. The van der Waals surface area contributed by atoms with E-state index in [9.17, 15) is 29.1 Å². The Labute approximate surface area is 494 Å². The molecule has 9 rings (SSSR count). The van der Waals surface area contributed by atoms with Gasteiger partial charge in [0.05, 0.1) is 53.5 Å². The first-order valence-electron chi connectivity index (χ1n) is 28.8. The third kappa shape index (κ3) is 15.2. The van der Waals surface area contributed by atoms with Gasteiger partial charge in [0.1, 0.15) is 23.3 Å². The lowest BCUT2D eigenvalue weighted by Crippen LogP contribution is -2.67. The summed E-state index contributed by atoms with van der Waals surface area (Å²) in [5.41, 5.74) is 10.6. The fourth-order valence-electron chi connectivity index (χ4n) is 13.0. The van der Waals surface area contributed by atoms with Crippen molar-refractivity contribution in [3.63, 3.8) is 0 Å². The number of carbonyl (C=O) groups excluding carboxylic acids is 7. The van der Waals surface area contributed by atoms with Crippen LogP contribution < -0.4 is 19.6 Å². The third-order valence-corrected chi connectivity index (χ3v) is 17.1. The number of nitrogens with zero attached hydrogens (tertiary/aromatic N) is 6. The van der Waals surface area contributed by atoms with Gasteiger partial charge >= 0.3 is 24.4 Å². The molecule has 3 aliphatic carbocycles. The Morgan fingerprint density at radius 3 is 1.75 bits per heavy atom. The van der Waals surface area contributed by atoms with Gasteiger partial charge in [-0.1, -0.05) is 41.5 Å². The van der Waals surface area contributed by atoms with Gasteiger partial charge in [0.15, 0.2) is 11.6 Å². The number of aliphatic hydroxyl groups excluding tert-OH is 1. The maximum Gasteiger partial charge on any atom is 0.452 e. The van der Waals surface area contributed by atoms with Crippen molar-refractivity contribution in [2.24, 2.45) is 10.2 Å². The Morgan fingerprint density at radius 1 is 0.679 bits per heavy atom. The molecule has 3 amide bonds. The number of aryl methyl sites for hydroxylation is 3. The van der Waals surface area contributed by atoms with E-state index in [4.69, 9.17) is 33.3 Å². The van der Waals surface area contributed by atoms with Crippen LogP contribution in [0.15, 0.2) is 88.4 Å². The predicted molar refractivity (Wildman–Crippen MR) is 314 cm³/mol. The Kier molecular flexibility index (Phi) is 24.6. The molecule has 3 heterocycles. The van der Waals surface area contributed by atoms with Gasteiger partial charge in [0.25, 0.3) is 0 Å². The Hall–Kier alpha value is -7.61. The fraction of sp³-hybridized carbons (Fsp3) is 0.556. The highest BCUT2D eigenvalue weighted by Gasteiger charge is 2.58. The first-order chi connectivity index (χ1) is 40.1. The minimum Gasteiger partial charge on any atom is -0.513 e. The number of methoxy groups -OCH3 is 3. The summed E-state index contributed by atoms with van der Waals surface area (Å²) in [6.07, 6.45) is 9.40. The standard InChI is InChI=1S/C23H33N3O6.C17H23NO2.C17H21NO2.C5H10N2O2.CO2/c1-6-31-21(28)24-26(22(29)32-7-2)19-17(27)10-11-23(12-13-25(4)20(19)23)16-8-9-18(30-5)15(3)14-16;2*1-12-10-13(4-5-15(12)20-3)17-7-6-14(19)11-16(17)18(2)9-8-17;1-3-6-7-5(8)9-4-2;2-1-3/h8-9,14,19-20H,6-7,10-13H2,1-5H3,(H,24,28);4-5,10-11,16,19H,6-9H2,1-3H3;4-5,10-11H,6-9H2,1-3H3;3-4H2,1-2H3;/t19-,20+,23?;;;;/m1..../s1. The molecular weight excluding hydrogens is 1080 g/mol. The van der Waals surface area contributed by atoms with Crippen molar-refractivity contribution in [2.75, 3.05) is 88.5 Å². The first-order valence-corrected chi connectivity index (χ1v) is 28.8. The molecule has 84 heavy (non-hydrogen) atoms. The molecule has 0 radical (unpaired) electrons. The van der Waals surface area contributed by atoms with E-state index < -0.39 is 24.3 Å². The molecule has 6 aliphatic rings.